The first kappa shape index (κ1) is 12.1. The molecule has 0 saturated carbocycles. The number of carbonyl (C=O) groups excluding carboxylic acids is 1. The summed E-state index contributed by atoms with van der Waals surface area (Å²) in [4.78, 5) is 11.8. The van der Waals surface area contributed by atoms with Crippen LogP contribution in [0, 0.1) is 0 Å². The number of benzene rings is 1. The van der Waals surface area contributed by atoms with Gasteiger partial charge in [0, 0.05) is 30.9 Å². The summed E-state index contributed by atoms with van der Waals surface area (Å²) in [5.74, 6) is 0.0248. The normalized spacial score (nSPS) is 10.9. The van der Waals surface area contributed by atoms with E-state index < -0.39 is 0 Å². The van der Waals surface area contributed by atoms with Crippen LogP contribution >= 0.6 is 0 Å². The van der Waals surface area contributed by atoms with Crippen LogP contribution in [0.25, 0.3) is 6.08 Å². The molecule has 0 fully saturated rings. The number of aryl methyl sites for hydroxylation is 1. The lowest BCUT2D eigenvalue weighted by molar-refractivity contribution is -0.113. The van der Waals surface area contributed by atoms with E-state index in [4.69, 9.17) is 5.73 Å². The Kier molecular flexibility index (Phi) is 3.57. The zero-order chi connectivity index (χ0) is 13.0. The zero-order valence-electron chi connectivity index (χ0n) is 10.2. The Bertz CT molecular complexity index is 584. The maximum atomic E-state index is 11.8. The summed E-state index contributed by atoms with van der Waals surface area (Å²) < 4.78 is 1.69. The van der Waals surface area contributed by atoms with Crippen LogP contribution in [0.1, 0.15) is 11.1 Å². The molecule has 0 atom stereocenters. The van der Waals surface area contributed by atoms with Gasteiger partial charge in [-0.1, -0.05) is 18.2 Å². The number of rotatable bonds is 4. The predicted octanol–water partition coefficient (Wildman–Crippen LogP) is 1.83. The fraction of sp³-hybridized carbons (Fsp3) is 0.143. The van der Waals surface area contributed by atoms with E-state index in [9.17, 15) is 4.79 Å². The number of anilines is 1. The first-order valence-corrected chi connectivity index (χ1v) is 5.68. The van der Waals surface area contributed by atoms with Crippen molar-refractivity contribution in [2.45, 2.75) is 6.42 Å². The summed E-state index contributed by atoms with van der Waals surface area (Å²) in [7, 11) is 1.84. The topological polar surface area (TPSA) is 60.9 Å². The second-order valence-corrected chi connectivity index (χ2v) is 4.12. The highest BCUT2D eigenvalue weighted by Gasteiger charge is 2.03. The third-order valence-corrected chi connectivity index (χ3v) is 2.61. The second-order valence-electron chi connectivity index (χ2n) is 4.12. The van der Waals surface area contributed by atoms with Crippen LogP contribution in [-0.4, -0.2) is 15.6 Å². The fourth-order valence-corrected chi connectivity index (χ4v) is 1.66. The molecule has 0 amide bonds. The van der Waals surface area contributed by atoms with Gasteiger partial charge in [-0.2, -0.15) is 5.10 Å². The molecule has 0 aliphatic rings. The van der Waals surface area contributed by atoms with E-state index in [-0.39, 0.29) is 5.78 Å². The summed E-state index contributed by atoms with van der Waals surface area (Å²) >= 11 is 0. The summed E-state index contributed by atoms with van der Waals surface area (Å²) in [5, 5.41) is 4.03. The maximum absolute atomic E-state index is 11.8. The first-order chi connectivity index (χ1) is 8.65. The number of ketones is 1. The van der Waals surface area contributed by atoms with Gasteiger partial charge in [0.25, 0.3) is 0 Å². The standard InChI is InChI=1S/C14H15N3O/c1-17-10-11(9-16-17)6-7-13(18)8-12-4-2-3-5-14(12)15/h2-7,9-10H,8,15H2,1H3/b7-6+. The lowest BCUT2D eigenvalue weighted by Crippen LogP contribution is -2.01. The van der Waals surface area contributed by atoms with Gasteiger partial charge in [-0.3, -0.25) is 9.48 Å². The number of carbonyl (C=O) groups is 1. The van der Waals surface area contributed by atoms with Gasteiger partial charge in [0.2, 0.25) is 0 Å². The average molecular weight is 241 g/mol. The van der Waals surface area contributed by atoms with Gasteiger partial charge in [-0.25, -0.2) is 0 Å². The van der Waals surface area contributed by atoms with Crippen LogP contribution in [0.15, 0.2) is 42.7 Å². The number of nitrogens with two attached hydrogens (primary N) is 1. The molecular formula is C14H15N3O. The number of nitrogen functional groups attached to an aromatic ring is 1. The van der Waals surface area contributed by atoms with Gasteiger partial charge in [-0.05, 0) is 23.8 Å². The van der Waals surface area contributed by atoms with Gasteiger partial charge in [0.15, 0.2) is 5.78 Å². The Morgan fingerprint density at radius 1 is 1.44 bits per heavy atom. The summed E-state index contributed by atoms with van der Waals surface area (Å²) in [5.41, 5.74) is 8.21. The molecule has 0 aliphatic carbocycles. The minimum Gasteiger partial charge on any atom is -0.398 e. The molecule has 0 unspecified atom stereocenters. The fourth-order valence-electron chi connectivity index (χ4n) is 1.66. The van der Waals surface area contributed by atoms with Crippen LogP contribution in [-0.2, 0) is 18.3 Å². The molecule has 2 aromatic rings. The van der Waals surface area contributed by atoms with Crippen molar-refractivity contribution in [1.82, 2.24) is 9.78 Å². The largest absolute Gasteiger partial charge is 0.398 e. The monoisotopic (exact) mass is 241 g/mol. The van der Waals surface area contributed by atoms with E-state index in [1.165, 1.54) is 0 Å². The molecule has 92 valence electrons. The highest BCUT2D eigenvalue weighted by atomic mass is 16.1. The van der Waals surface area contributed by atoms with Crippen LogP contribution in [0.5, 0.6) is 0 Å². The number of para-hydroxylation sites is 1. The van der Waals surface area contributed by atoms with Crippen LogP contribution < -0.4 is 5.73 Å². The quantitative estimate of drug-likeness (QED) is 0.656. The summed E-state index contributed by atoms with van der Waals surface area (Å²) in [6, 6.07) is 7.40. The molecule has 1 heterocycles. The van der Waals surface area contributed by atoms with Gasteiger partial charge in [0.05, 0.1) is 6.20 Å². The number of hydrogen-bond acceptors (Lipinski definition) is 3. The van der Waals surface area contributed by atoms with Gasteiger partial charge >= 0.3 is 0 Å². The van der Waals surface area contributed by atoms with Crippen molar-refractivity contribution in [3.8, 4) is 0 Å². The van der Waals surface area contributed by atoms with E-state index >= 15 is 0 Å². The highest BCUT2D eigenvalue weighted by molar-refractivity contribution is 5.95. The minimum atomic E-state index is 0.0248. The number of hydrogen-bond donors (Lipinski definition) is 1. The molecule has 2 rings (SSSR count). The molecule has 2 N–H and O–H groups in total. The van der Waals surface area contributed by atoms with E-state index in [2.05, 4.69) is 5.10 Å². The maximum Gasteiger partial charge on any atom is 0.160 e. The van der Waals surface area contributed by atoms with Gasteiger partial charge < -0.3 is 5.73 Å². The molecule has 0 bridgehead atoms. The van der Waals surface area contributed by atoms with Gasteiger partial charge in [0.1, 0.15) is 0 Å². The van der Waals surface area contributed by atoms with Crippen molar-refractivity contribution < 1.29 is 4.79 Å². The molecule has 4 nitrogen and oxygen atoms in total. The first-order valence-electron chi connectivity index (χ1n) is 5.68. The van der Waals surface area contributed by atoms with E-state index in [0.717, 1.165) is 11.1 Å². The number of nitrogens with zero attached hydrogens (tertiary/aromatic N) is 2. The third kappa shape index (κ3) is 3.07. The Balaban J connectivity index is 2.01. The zero-order valence-corrected chi connectivity index (χ0v) is 10.2. The predicted molar refractivity (Wildman–Crippen MR) is 71.8 cm³/mol. The molecule has 18 heavy (non-hydrogen) atoms. The smallest absolute Gasteiger partial charge is 0.160 e. The molecule has 0 aliphatic heterocycles. The molecular weight excluding hydrogens is 226 g/mol. The Morgan fingerprint density at radius 3 is 2.89 bits per heavy atom. The Hall–Kier alpha value is -2.36. The second kappa shape index (κ2) is 5.31. The van der Waals surface area contributed by atoms with E-state index in [0.29, 0.717) is 12.1 Å². The van der Waals surface area contributed by atoms with Gasteiger partial charge in [-0.15, -0.1) is 0 Å². The van der Waals surface area contributed by atoms with Crippen molar-refractivity contribution >= 4 is 17.5 Å². The lowest BCUT2D eigenvalue weighted by Gasteiger charge is -2.01. The number of aromatic nitrogens is 2. The van der Waals surface area contributed by atoms with E-state index in [1.807, 2.05) is 31.4 Å². The average Bonchev–Trinajstić information content (AvgIpc) is 2.76. The van der Waals surface area contributed by atoms with Crippen molar-refractivity contribution in [3.05, 3.63) is 53.9 Å². The Morgan fingerprint density at radius 2 is 2.22 bits per heavy atom. The van der Waals surface area contributed by atoms with Crippen molar-refractivity contribution in [1.29, 1.82) is 0 Å². The molecule has 0 radical (unpaired) electrons. The molecule has 0 saturated heterocycles. The molecule has 0 spiro atoms. The minimum absolute atomic E-state index is 0.0248. The highest BCUT2D eigenvalue weighted by Crippen LogP contribution is 2.12. The molecule has 1 aromatic carbocycles. The van der Waals surface area contributed by atoms with Crippen molar-refractivity contribution in [3.63, 3.8) is 0 Å². The van der Waals surface area contributed by atoms with Crippen LogP contribution in [0.4, 0.5) is 5.69 Å². The van der Waals surface area contributed by atoms with Crippen LogP contribution in [0.3, 0.4) is 0 Å². The lowest BCUT2D eigenvalue weighted by atomic mass is 10.1. The van der Waals surface area contributed by atoms with Crippen molar-refractivity contribution in [2.24, 2.45) is 7.05 Å². The van der Waals surface area contributed by atoms with E-state index in [1.54, 1.807) is 29.1 Å². The Labute approximate surface area is 106 Å². The third-order valence-electron chi connectivity index (χ3n) is 2.61. The SMILES string of the molecule is Cn1cc(/C=C/C(=O)Cc2ccccc2N)cn1. The molecule has 1 aromatic heterocycles. The van der Waals surface area contributed by atoms with Crippen molar-refractivity contribution in [2.75, 3.05) is 5.73 Å². The number of allylic oxidation sites excluding steroid dienone is 1. The summed E-state index contributed by atoms with van der Waals surface area (Å²) in [6.07, 6.45) is 7.20. The molecule has 4 heteroatoms. The summed E-state index contributed by atoms with van der Waals surface area (Å²) in [6.45, 7) is 0. The van der Waals surface area contributed by atoms with Crippen LogP contribution in [0.2, 0.25) is 0 Å².